The van der Waals surface area contributed by atoms with Crippen molar-refractivity contribution in [1.82, 2.24) is 9.78 Å². The minimum absolute atomic E-state index is 0.0644. The highest BCUT2D eigenvalue weighted by molar-refractivity contribution is 8.00. The summed E-state index contributed by atoms with van der Waals surface area (Å²) >= 11 is 17.1. The molecular weight excluding hydrogens is 412 g/mol. The van der Waals surface area contributed by atoms with E-state index in [2.05, 4.69) is 10.1 Å². The Hall–Kier alpha value is -1.69. The number of isocyanates is 1. The van der Waals surface area contributed by atoms with Gasteiger partial charge in [-0.1, -0.05) is 34.8 Å². The number of nitrogens with zero attached hydrogens (tertiary/aromatic N) is 4. The van der Waals surface area contributed by atoms with Crippen LogP contribution in [-0.2, 0) is 4.79 Å². The lowest BCUT2D eigenvalue weighted by atomic mass is 10.3. The Morgan fingerprint density at radius 1 is 1.25 bits per heavy atom. The molecule has 1 heterocycles. The zero-order valence-electron chi connectivity index (χ0n) is 11.0. The number of aliphatic imine (C=N–C) groups is 1. The summed E-state index contributed by atoms with van der Waals surface area (Å²) in [6.07, 6.45) is 1.12. The Morgan fingerprint density at radius 2 is 1.83 bits per heavy atom. The van der Waals surface area contributed by atoms with Gasteiger partial charge in [-0.05, 0) is 23.9 Å². The first kappa shape index (κ1) is 18.6. The fourth-order valence-electron chi connectivity index (χ4n) is 1.71. The molecule has 2 rings (SSSR count). The minimum atomic E-state index is -4.74. The average Bonchev–Trinajstić information content (AvgIpc) is 2.75. The number of alkyl halides is 3. The highest BCUT2D eigenvalue weighted by atomic mass is 35.5. The molecule has 12 heteroatoms. The van der Waals surface area contributed by atoms with Gasteiger partial charge < -0.3 is 0 Å². The predicted molar refractivity (Wildman–Crippen MR) is 83.0 cm³/mol. The van der Waals surface area contributed by atoms with Crippen molar-refractivity contribution < 1.29 is 18.0 Å². The second-order valence-corrected chi connectivity index (χ2v) is 6.32. The summed E-state index contributed by atoms with van der Waals surface area (Å²) in [5.74, 6) is -0.574. The second kappa shape index (κ2) is 7.05. The third-order valence-electron chi connectivity index (χ3n) is 2.49. The number of rotatable bonds is 3. The van der Waals surface area contributed by atoms with E-state index in [0.29, 0.717) is 0 Å². The zero-order valence-corrected chi connectivity index (χ0v) is 14.1. The molecule has 0 fully saturated rings. The van der Waals surface area contributed by atoms with Crippen LogP contribution in [0.1, 0.15) is 5.69 Å². The van der Waals surface area contributed by atoms with Gasteiger partial charge in [-0.2, -0.15) is 23.5 Å². The molecule has 0 radical (unpaired) electrons. The van der Waals surface area contributed by atoms with Crippen molar-refractivity contribution in [3.63, 3.8) is 0 Å². The van der Waals surface area contributed by atoms with Crippen LogP contribution < -0.4 is 0 Å². The molecule has 124 valence electrons. The number of thioether (sulfide) groups is 1. The van der Waals surface area contributed by atoms with Crippen molar-refractivity contribution in [2.45, 2.75) is 10.4 Å². The van der Waals surface area contributed by atoms with Crippen molar-refractivity contribution in [2.24, 2.45) is 4.99 Å². The molecule has 0 aliphatic heterocycles. The van der Waals surface area contributed by atoms with Gasteiger partial charge in [0.05, 0.1) is 14.9 Å². The molecule has 0 atom stereocenters. The maximum Gasteiger partial charge on any atom is 0.446 e. The van der Waals surface area contributed by atoms with E-state index in [1.165, 1.54) is 18.2 Å². The van der Waals surface area contributed by atoms with Crippen LogP contribution in [0.4, 0.5) is 19.0 Å². The van der Waals surface area contributed by atoms with Crippen LogP contribution in [0.2, 0.25) is 15.1 Å². The van der Waals surface area contributed by atoms with Crippen LogP contribution in [0.15, 0.2) is 22.0 Å². The number of aromatic nitrogens is 2. The quantitative estimate of drug-likeness (QED) is 0.390. The van der Waals surface area contributed by atoms with Crippen molar-refractivity contribution in [3.8, 4) is 11.8 Å². The van der Waals surface area contributed by atoms with E-state index in [1.807, 2.05) is 0 Å². The van der Waals surface area contributed by atoms with Crippen molar-refractivity contribution >= 4 is 58.5 Å². The normalized spacial score (nSPS) is 11.0. The summed E-state index contributed by atoms with van der Waals surface area (Å²) in [4.78, 5) is 13.1. The predicted octanol–water partition coefficient (Wildman–Crippen LogP) is 5.28. The number of nitriles is 1. The number of benzene rings is 1. The average molecular weight is 414 g/mol. The van der Waals surface area contributed by atoms with Crippen LogP contribution in [0.3, 0.4) is 0 Å². The van der Waals surface area contributed by atoms with Gasteiger partial charge in [0.2, 0.25) is 6.08 Å². The largest absolute Gasteiger partial charge is 0.446 e. The summed E-state index contributed by atoms with van der Waals surface area (Å²) in [5.41, 5.74) is -5.42. The maximum atomic E-state index is 12.7. The fraction of sp³-hybridized carbons (Fsp3) is 0.0833. The molecule has 0 bridgehead atoms. The Kier molecular flexibility index (Phi) is 5.48. The zero-order chi connectivity index (χ0) is 18.1. The summed E-state index contributed by atoms with van der Waals surface area (Å²) in [5, 5.41) is 12.8. The van der Waals surface area contributed by atoms with E-state index in [-0.39, 0.29) is 20.8 Å². The summed E-state index contributed by atoms with van der Waals surface area (Å²) in [6.45, 7) is 0. The van der Waals surface area contributed by atoms with Crippen molar-refractivity contribution in [3.05, 3.63) is 32.9 Å². The van der Waals surface area contributed by atoms with E-state index in [0.717, 1.165) is 10.8 Å². The van der Waals surface area contributed by atoms with Gasteiger partial charge in [0.25, 0.3) is 0 Å². The van der Waals surface area contributed by atoms with Crippen molar-refractivity contribution in [1.29, 1.82) is 5.26 Å². The maximum absolute atomic E-state index is 12.7. The lowest BCUT2D eigenvalue weighted by molar-refractivity contribution is -0.0328. The molecule has 24 heavy (non-hydrogen) atoms. The van der Waals surface area contributed by atoms with Gasteiger partial charge in [-0.3, -0.25) is 0 Å². The van der Waals surface area contributed by atoms with E-state index in [4.69, 9.17) is 40.1 Å². The molecular formula is C12H2Cl3F3N4OS. The molecule has 0 N–H and O–H groups in total. The Labute approximate surface area is 151 Å². The molecule has 0 saturated carbocycles. The van der Waals surface area contributed by atoms with Gasteiger partial charge >= 0.3 is 5.51 Å². The summed E-state index contributed by atoms with van der Waals surface area (Å²) in [7, 11) is 0. The first-order valence-corrected chi connectivity index (χ1v) is 7.64. The van der Waals surface area contributed by atoms with Crippen molar-refractivity contribution in [2.75, 3.05) is 0 Å². The van der Waals surface area contributed by atoms with Crippen LogP contribution in [0, 0.1) is 11.3 Å². The highest BCUT2D eigenvalue weighted by Gasteiger charge is 2.35. The first-order valence-electron chi connectivity index (χ1n) is 5.69. The molecule has 0 aliphatic rings. The van der Waals surface area contributed by atoms with Crippen LogP contribution in [0.5, 0.6) is 0 Å². The number of hydrogen-bond acceptors (Lipinski definition) is 5. The molecule has 0 unspecified atom stereocenters. The first-order chi connectivity index (χ1) is 11.2. The Bertz CT molecular complexity index is 877. The second-order valence-electron chi connectivity index (χ2n) is 3.99. The van der Waals surface area contributed by atoms with Gasteiger partial charge in [0.15, 0.2) is 11.5 Å². The number of hydrogen-bond donors (Lipinski definition) is 0. The molecule has 0 aliphatic carbocycles. The molecule has 1 aromatic heterocycles. The molecule has 0 saturated heterocycles. The van der Waals surface area contributed by atoms with Gasteiger partial charge in [-0.25, -0.2) is 9.48 Å². The fourth-order valence-corrected chi connectivity index (χ4v) is 3.33. The minimum Gasteiger partial charge on any atom is -0.211 e. The van der Waals surface area contributed by atoms with Crippen LogP contribution >= 0.6 is 46.6 Å². The number of carbonyl (C=O) groups excluding carboxylic acids is 1. The number of halogens is 6. The molecule has 5 nitrogen and oxygen atoms in total. The molecule has 0 amide bonds. The lowest BCUT2D eigenvalue weighted by Crippen LogP contribution is -2.00. The SMILES string of the molecule is N#Cc1nn(-c2c(Cl)cc(Cl)cc2Cl)c(N=C=O)c1SC(F)(F)F. The monoisotopic (exact) mass is 412 g/mol. The summed E-state index contributed by atoms with van der Waals surface area (Å²) in [6, 6.07) is 4.04. The Balaban J connectivity index is 2.82. The van der Waals surface area contributed by atoms with E-state index >= 15 is 0 Å². The van der Waals surface area contributed by atoms with Crippen LogP contribution in [-0.4, -0.2) is 21.4 Å². The lowest BCUT2D eigenvalue weighted by Gasteiger charge is -2.09. The smallest absolute Gasteiger partial charge is 0.211 e. The standard InChI is InChI=1S/C12H2Cl3F3N4OS/c13-5-1-6(14)9(7(15)2-5)22-11(20-4-23)10(8(3-19)21-22)24-12(16,17)18/h1-2H. The topological polar surface area (TPSA) is 71.0 Å². The third kappa shape index (κ3) is 3.86. The van der Waals surface area contributed by atoms with Gasteiger partial charge in [0.1, 0.15) is 11.8 Å². The van der Waals surface area contributed by atoms with Gasteiger partial charge in [-0.15, -0.1) is 4.99 Å². The molecule has 0 spiro atoms. The van der Waals surface area contributed by atoms with Gasteiger partial charge in [0, 0.05) is 5.02 Å². The summed E-state index contributed by atoms with van der Waals surface area (Å²) < 4.78 is 38.9. The van der Waals surface area contributed by atoms with E-state index in [9.17, 15) is 18.0 Å². The van der Waals surface area contributed by atoms with E-state index < -0.39 is 33.7 Å². The Morgan fingerprint density at radius 3 is 2.29 bits per heavy atom. The third-order valence-corrected chi connectivity index (χ3v) is 4.09. The molecule has 2 aromatic rings. The molecule has 1 aromatic carbocycles. The highest BCUT2D eigenvalue weighted by Crippen LogP contribution is 2.45. The van der Waals surface area contributed by atoms with E-state index in [1.54, 1.807) is 0 Å². The van der Waals surface area contributed by atoms with Crippen LogP contribution in [0.25, 0.3) is 5.69 Å².